The van der Waals surface area contributed by atoms with Crippen LogP contribution in [-0.4, -0.2) is 42.9 Å². The zero-order valence-electron chi connectivity index (χ0n) is 12.3. The number of Topliss-reactive ketones (excluding diaryl/α,β-unsaturated/α-hetero) is 1. The lowest BCUT2D eigenvalue weighted by Gasteiger charge is -2.34. The molecule has 0 saturated carbocycles. The highest BCUT2D eigenvalue weighted by atomic mass is 19.1. The number of hydrogen-bond donors (Lipinski definition) is 0. The molecule has 1 aromatic rings. The number of esters is 1. The van der Waals surface area contributed by atoms with Crippen LogP contribution in [0.1, 0.15) is 30.1 Å². The molecule has 114 valence electrons. The number of likely N-dealkylation sites (tertiary alicyclic amines) is 1. The monoisotopic (exact) mass is 293 g/mol. The number of ketones is 1. The van der Waals surface area contributed by atoms with Crippen molar-refractivity contribution in [2.45, 2.75) is 25.8 Å². The van der Waals surface area contributed by atoms with Gasteiger partial charge in [-0.1, -0.05) is 0 Å². The lowest BCUT2D eigenvalue weighted by atomic mass is 9.88. The van der Waals surface area contributed by atoms with E-state index < -0.39 is 0 Å². The molecular formula is C16H20FNO3. The Balaban J connectivity index is 1.93. The van der Waals surface area contributed by atoms with Crippen LogP contribution in [0.25, 0.3) is 0 Å². The molecule has 1 aliphatic rings. The van der Waals surface area contributed by atoms with E-state index in [2.05, 4.69) is 0 Å². The van der Waals surface area contributed by atoms with Crippen LogP contribution >= 0.6 is 0 Å². The maximum atomic E-state index is 12.9. The van der Waals surface area contributed by atoms with Gasteiger partial charge in [-0.05, 0) is 57.1 Å². The van der Waals surface area contributed by atoms with E-state index in [1.54, 1.807) is 0 Å². The summed E-state index contributed by atoms with van der Waals surface area (Å²) in [7, 11) is 1.38. The van der Waals surface area contributed by atoms with Crippen LogP contribution in [-0.2, 0) is 9.53 Å². The highest BCUT2D eigenvalue weighted by molar-refractivity contribution is 5.97. The minimum absolute atomic E-state index is 0.0559. The SMILES string of the molecule is COC(=O)[C@@H](C)N1CCC(C(=O)c2ccc(F)cc2)CC1. The molecule has 0 radical (unpaired) electrons. The van der Waals surface area contributed by atoms with Crippen molar-refractivity contribution < 1.29 is 18.7 Å². The molecule has 1 aromatic carbocycles. The van der Waals surface area contributed by atoms with Crippen LogP contribution in [0.2, 0.25) is 0 Å². The first-order chi connectivity index (χ1) is 10.0. The number of halogens is 1. The molecule has 1 aliphatic heterocycles. The van der Waals surface area contributed by atoms with Gasteiger partial charge in [0, 0.05) is 11.5 Å². The third-order valence-corrected chi connectivity index (χ3v) is 4.12. The molecule has 1 atom stereocenters. The van der Waals surface area contributed by atoms with Crippen molar-refractivity contribution in [3.05, 3.63) is 35.6 Å². The predicted molar refractivity (Wildman–Crippen MR) is 76.5 cm³/mol. The standard InChI is InChI=1S/C16H20FNO3/c1-11(16(20)21-2)18-9-7-13(8-10-18)15(19)12-3-5-14(17)6-4-12/h3-6,11,13H,7-10H2,1-2H3/t11-/m1/s1. The van der Waals surface area contributed by atoms with Crippen molar-refractivity contribution in [3.63, 3.8) is 0 Å². The summed E-state index contributed by atoms with van der Waals surface area (Å²) in [6.45, 7) is 3.19. The molecule has 0 aromatic heterocycles. The summed E-state index contributed by atoms with van der Waals surface area (Å²) < 4.78 is 17.6. The normalized spacial score (nSPS) is 18.2. The number of rotatable bonds is 4. The van der Waals surface area contributed by atoms with Gasteiger partial charge >= 0.3 is 5.97 Å². The molecule has 4 nitrogen and oxygen atoms in total. The van der Waals surface area contributed by atoms with Gasteiger partial charge < -0.3 is 4.74 Å². The Morgan fingerprint density at radius 2 is 1.81 bits per heavy atom. The lowest BCUT2D eigenvalue weighted by Crippen LogP contribution is -2.45. The summed E-state index contributed by atoms with van der Waals surface area (Å²) in [5.41, 5.74) is 0.552. The van der Waals surface area contributed by atoms with E-state index in [4.69, 9.17) is 4.74 Å². The van der Waals surface area contributed by atoms with Gasteiger partial charge in [0.05, 0.1) is 7.11 Å². The first-order valence-corrected chi connectivity index (χ1v) is 7.14. The third-order valence-electron chi connectivity index (χ3n) is 4.12. The third kappa shape index (κ3) is 3.67. The molecule has 0 bridgehead atoms. The average molecular weight is 293 g/mol. The van der Waals surface area contributed by atoms with Gasteiger partial charge in [-0.15, -0.1) is 0 Å². The van der Waals surface area contributed by atoms with Crippen molar-refractivity contribution in [1.82, 2.24) is 4.90 Å². The van der Waals surface area contributed by atoms with Crippen molar-refractivity contribution in [2.75, 3.05) is 20.2 Å². The molecule has 2 rings (SSSR count). The molecule has 21 heavy (non-hydrogen) atoms. The van der Waals surface area contributed by atoms with E-state index >= 15 is 0 Å². The smallest absolute Gasteiger partial charge is 0.322 e. The van der Waals surface area contributed by atoms with Crippen molar-refractivity contribution in [3.8, 4) is 0 Å². The Labute approximate surface area is 123 Å². The fourth-order valence-corrected chi connectivity index (χ4v) is 2.72. The minimum atomic E-state index is -0.340. The van der Waals surface area contributed by atoms with Crippen LogP contribution in [0.15, 0.2) is 24.3 Å². The van der Waals surface area contributed by atoms with Crippen LogP contribution in [0.3, 0.4) is 0 Å². The second-order valence-electron chi connectivity index (χ2n) is 5.38. The summed E-state index contributed by atoms with van der Waals surface area (Å²) >= 11 is 0. The highest BCUT2D eigenvalue weighted by Gasteiger charge is 2.30. The summed E-state index contributed by atoms with van der Waals surface area (Å²) in [4.78, 5) is 25.9. The largest absolute Gasteiger partial charge is 0.468 e. The number of benzene rings is 1. The van der Waals surface area contributed by atoms with E-state index in [0.717, 1.165) is 0 Å². The Morgan fingerprint density at radius 1 is 1.24 bits per heavy atom. The molecule has 1 saturated heterocycles. The van der Waals surface area contributed by atoms with Crippen molar-refractivity contribution in [1.29, 1.82) is 0 Å². The summed E-state index contributed by atoms with van der Waals surface area (Å²) in [5, 5.41) is 0. The molecule has 0 spiro atoms. The Hall–Kier alpha value is -1.75. The van der Waals surface area contributed by atoms with E-state index in [0.29, 0.717) is 31.5 Å². The van der Waals surface area contributed by atoms with Crippen LogP contribution in [0.5, 0.6) is 0 Å². The highest BCUT2D eigenvalue weighted by Crippen LogP contribution is 2.23. The van der Waals surface area contributed by atoms with E-state index in [-0.39, 0.29) is 29.5 Å². The van der Waals surface area contributed by atoms with Crippen molar-refractivity contribution in [2.24, 2.45) is 5.92 Å². The van der Waals surface area contributed by atoms with Gasteiger partial charge in [0.15, 0.2) is 5.78 Å². The van der Waals surface area contributed by atoms with E-state index in [1.165, 1.54) is 31.4 Å². The fourth-order valence-electron chi connectivity index (χ4n) is 2.72. The number of hydrogen-bond acceptors (Lipinski definition) is 4. The summed E-state index contributed by atoms with van der Waals surface area (Å²) in [6, 6.07) is 5.39. The number of carbonyl (C=O) groups is 2. The van der Waals surface area contributed by atoms with Gasteiger partial charge in [0.2, 0.25) is 0 Å². The van der Waals surface area contributed by atoms with Gasteiger partial charge in [0.1, 0.15) is 11.9 Å². The fraction of sp³-hybridized carbons (Fsp3) is 0.500. The van der Waals surface area contributed by atoms with Gasteiger partial charge in [-0.3, -0.25) is 14.5 Å². The molecule has 0 N–H and O–H groups in total. The maximum Gasteiger partial charge on any atom is 0.322 e. The topological polar surface area (TPSA) is 46.6 Å². The number of piperidine rings is 1. The molecule has 0 aliphatic carbocycles. The quantitative estimate of drug-likeness (QED) is 0.631. The van der Waals surface area contributed by atoms with Crippen molar-refractivity contribution >= 4 is 11.8 Å². The Bertz CT molecular complexity index is 507. The Morgan fingerprint density at radius 3 is 2.33 bits per heavy atom. The number of nitrogens with zero attached hydrogens (tertiary/aromatic N) is 1. The molecular weight excluding hydrogens is 273 g/mol. The molecule has 0 amide bonds. The van der Waals surface area contributed by atoms with Crippen LogP contribution in [0.4, 0.5) is 4.39 Å². The molecule has 0 unspecified atom stereocenters. The number of carbonyl (C=O) groups excluding carboxylic acids is 2. The van der Waals surface area contributed by atoms with Gasteiger partial charge in [-0.2, -0.15) is 0 Å². The zero-order chi connectivity index (χ0) is 15.4. The number of methoxy groups -OCH3 is 1. The Kier molecular flexibility index (Phi) is 5.07. The van der Waals surface area contributed by atoms with Gasteiger partial charge in [-0.25, -0.2) is 4.39 Å². The maximum absolute atomic E-state index is 12.9. The van der Waals surface area contributed by atoms with E-state index in [9.17, 15) is 14.0 Å². The lowest BCUT2D eigenvalue weighted by molar-refractivity contribution is -0.146. The average Bonchev–Trinajstić information content (AvgIpc) is 2.53. The zero-order valence-corrected chi connectivity index (χ0v) is 12.3. The molecule has 1 fully saturated rings. The van der Waals surface area contributed by atoms with Crippen LogP contribution < -0.4 is 0 Å². The van der Waals surface area contributed by atoms with E-state index in [1.807, 2.05) is 11.8 Å². The summed E-state index contributed by atoms with van der Waals surface area (Å²) in [5.74, 6) is -0.594. The molecule has 5 heteroatoms. The first-order valence-electron chi connectivity index (χ1n) is 7.14. The van der Waals surface area contributed by atoms with Gasteiger partial charge in [0.25, 0.3) is 0 Å². The summed E-state index contributed by atoms with van der Waals surface area (Å²) in [6.07, 6.45) is 1.41. The second kappa shape index (κ2) is 6.80. The predicted octanol–water partition coefficient (Wildman–Crippen LogP) is 2.28. The minimum Gasteiger partial charge on any atom is -0.468 e. The second-order valence-corrected chi connectivity index (χ2v) is 5.38. The number of ether oxygens (including phenoxy) is 1. The van der Waals surface area contributed by atoms with Crippen LogP contribution in [0, 0.1) is 11.7 Å². The molecule has 1 heterocycles. The first kappa shape index (κ1) is 15.6.